The van der Waals surface area contributed by atoms with E-state index < -0.39 is 0 Å². The van der Waals surface area contributed by atoms with Crippen molar-refractivity contribution in [2.75, 3.05) is 19.7 Å². The lowest BCUT2D eigenvalue weighted by atomic mass is 10.2. The Labute approximate surface area is 150 Å². The molecule has 2 aromatic rings. The molecule has 1 fully saturated rings. The quantitative estimate of drug-likeness (QED) is 0.843. The van der Waals surface area contributed by atoms with Gasteiger partial charge in [0.05, 0.1) is 31.1 Å². The van der Waals surface area contributed by atoms with E-state index in [1.54, 1.807) is 23.2 Å². The molecule has 0 radical (unpaired) electrons. The van der Waals surface area contributed by atoms with E-state index in [0.29, 0.717) is 37.6 Å². The molecule has 26 heavy (non-hydrogen) atoms. The van der Waals surface area contributed by atoms with Crippen molar-refractivity contribution in [1.29, 1.82) is 0 Å². The summed E-state index contributed by atoms with van der Waals surface area (Å²) in [5.41, 5.74) is 1.37. The minimum Gasteiger partial charge on any atom is -0.367 e. The van der Waals surface area contributed by atoms with Crippen molar-refractivity contribution in [3.63, 3.8) is 0 Å². The van der Waals surface area contributed by atoms with E-state index in [4.69, 9.17) is 9.26 Å². The summed E-state index contributed by atoms with van der Waals surface area (Å²) in [7, 11) is 0. The van der Waals surface area contributed by atoms with Crippen LogP contribution in [0, 0.1) is 0 Å². The lowest BCUT2D eigenvalue weighted by molar-refractivity contribution is -0.136. The number of carbonyl (C=O) groups excluding carboxylic acids is 2. The molecule has 1 saturated heterocycles. The first-order valence-corrected chi connectivity index (χ1v) is 8.49. The number of carbonyl (C=O) groups is 2. The van der Waals surface area contributed by atoms with Gasteiger partial charge in [-0.2, -0.15) is 0 Å². The van der Waals surface area contributed by atoms with Gasteiger partial charge >= 0.3 is 0 Å². The summed E-state index contributed by atoms with van der Waals surface area (Å²) in [6.07, 6.45) is 1.94. The number of rotatable bonds is 5. The molecule has 1 aliphatic heterocycles. The fourth-order valence-corrected chi connectivity index (χ4v) is 2.60. The molecule has 138 valence electrons. The predicted octanol–water partition coefficient (Wildman–Crippen LogP) is 0.877. The third-order valence-corrected chi connectivity index (χ3v) is 4.11. The fourth-order valence-electron chi connectivity index (χ4n) is 2.60. The Morgan fingerprint density at radius 3 is 2.96 bits per heavy atom. The molecule has 9 nitrogen and oxygen atoms in total. The minimum absolute atomic E-state index is 0.000207. The molecular formula is C17H21N5O4. The fraction of sp³-hybridized carbons (Fsp3) is 0.471. The average molecular weight is 359 g/mol. The minimum atomic E-state index is -0.371. The molecule has 2 amide bonds. The number of ether oxygens (including phenoxy) is 1. The number of aromatic nitrogens is 3. The van der Waals surface area contributed by atoms with Gasteiger partial charge in [-0.05, 0) is 12.5 Å². The zero-order valence-electron chi connectivity index (χ0n) is 14.8. The first kappa shape index (κ1) is 18.0. The van der Waals surface area contributed by atoms with Crippen molar-refractivity contribution in [3.05, 3.63) is 41.3 Å². The number of amides is 2. The maximum absolute atomic E-state index is 12.1. The summed E-state index contributed by atoms with van der Waals surface area (Å²) in [6, 6.07) is 3.33. The van der Waals surface area contributed by atoms with E-state index in [-0.39, 0.29) is 30.2 Å². The van der Waals surface area contributed by atoms with Crippen molar-refractivity contribution in [3.8, 4) is 0 Å². The lowest BCUT2D eigenvalue weighted by Gasteiger charge is -2.31. The number of nitrogens with zero attached hydrogens (tertiary/aromatic N) is 4. The summed E-state index contributed by atoms with van der Waals surface area (Å²) in [6.45, 7) is 5.12. The second-order valence-corrected chi connectivity index (χ2v) is 5.95. The summed E-state index contributed by atoms with van der Waals surface area (Å²) in [4.78, 5) is 34.0. The molecular weight excluding hydrogens is 338 g/mol. The summed E-state index contributed by atoms with van der Waals surface area (Å²) >= 11 is 0. The Bertz CT molecular complexity index is 791. The Morgan fingerprint density at radius 1 is 1.38 bits per heavy atom. The second-order valence-electron chi connectivity index (χ2n) is 5.95. The molecule has 0 aromatic carbocycles. The Morgan fingerprint density at radius 2 is 2.23 bits per heavy atom. The van der Waals surface area contributed by atoms with Crippen LogP contribution in [0.25, 0.3) is 0 Å². The van der Waals surface area contributed by atoms with E-state index in [0.717, 1.165) is 5.69 Å². The molecule has 1 aliphatic rings. The van der Waals surface area contributed by atoms with Gasteiger partial charge in [0, 0.05) is 25.7 Å². The van der Waals surface area contributed by atoms with E-state index in [2.05, 4.69) is 20.4 Å². The molecule has 0 spiro atoms. The van der Waals surface area contributed by atoms with E-state index in [9.17, 15) is 9.59 Å². The number of nitrogens with one attached hydrogen (secondary N) is 1. The lowest BCUT2D eigenvalue weighted by Crippen LogP contribution is -2.41. The van der Waals surface area contributed by atoms with E-state index in [1.807, 2.05) is 6.92 Å². The van der Waals surface area contributed by atoms with Gasteiger partial charge in [0.2, 0.25) is 11.7 Å². The van der Waals surface area contributed by atoms with Gasteiger partial charge in [0.25, 0.3) is 5.91 Å². The van der Waals surface area contributed by atoms with Crippen LogP contribution in [0.5, 0.6) is 0 Å². The molecule has 9 heteroatoms. The second kappa shape index (κ2) is 8.05. The summed E-state index contributed by atoms with van der Waals surface area (Å²) < 4.78 is 10.7. The molecule has 1 atom stereocenters. The molecule has 2 aromatic heterocycles. The standard InChI is InChI=1S/C17H21N5O4/c1-3-12-8-14(26-21-12)17(24)19-9-13-4-5-18-16(20-13)15-10-22(11(2)23)6-7-25-15/h4-5,8,15H,3,6-7,9-10H2,1-2H3,(H,19,24)/t15-/m1/s1. The highest BCUT2D eigenvalue weighted by atomic mass is 16.5. The first-order valence-electron chi connectivity index (χ1n) is 8.49. The van der Waals surface area contributed by atoms with Crippen molar-refractivity contribution in [2.24, 2.45) is 0 Å². The Kier molecular flexibility index (Phi) is 5.57. The SMILES string of the molecule is CCc1cc(C(=O)NCc2ccnc([C@H]3CN(C(C)=O)CCO3)n2)on1. The van der Waals surface area contributed by atoms with Gasteiger partial charge in [-0.15, -0.1) is 0 Å². The van der Waals surface area contributed by atoms with Crippen molar-refractivity contribution in [1.82, 2.24) is 25.3 Å². The third kappa shape index (κ3) is 4.23. The molecule has 3 heterocycles. The summed E-state index contributed by atoms with van der Waals surface area (Å²) in [5, 5.41) is 6.54. The number of morpholine rings is 1. The topological polar surface area (TPSA) is 110 Å². The van der Waals surface area contributed by atoms with Crippen LogP contribution < -0.4 is 5.32 Å². The first-order chi connectivity index (χ1) is 12.6. The molecule has 1 N–H and O–H groups in total. The number of hydrogen-bond acceptors (Lipinski definition) is 7. The maximum Gasteiger partial charge on any atom is 0.290 e. The highest BCUT2D eigenvalue weighted by molar-refractivity contribution is 5.91. The van der Waals surface area contributed by atoms with Crippen LogP contribution in [0.15, 0.2) is 22.9 Å². The van der Waals surface area contributed by atoms with Crippen LogP contribution >= 0.6 is 0 Å². The zero-order chi connectivity index (χ0) is 18.5. The van der Waals surface area contributed by atoms with Gasteiger partial charge in [-0.25, -0.2) is 9.97 Å². The number of aryl methyl sites for hydroxylation is 1. The van der Waals surface area contributed by atoms with Gasteiger partial charge in [0.15, 0.2) is 5.82 Å². The van der Waals surface area contributed by atoms with E-state index >= 15 is 0 Å². The number of hydrogen-bond donors (Lipinski definition) is 1. The van der Waals surface area contributed by atoms with Gasteiger partial charge < -0.3 is 19.5 Å². The third-order valence-electron chi connectivity index (χ3n) is 4.11. The molecule has 0 bridgehead atoms. The molecule has 3 rings (SSSR count). The Balaban J connectivity index is 1.62. The van der Waals surface area contributed by atoms with Crippen LogP contribution in [0.3, 0.4) is 0 Å². The van der Waals surface area contributed by atoms with Crippen LogP contribution in [-0.4, -0.2) is 51.5 Å². The van der Waals surface area contributed by atoms with Crippen molar-refractivity contribution in [2.45, 2.75) is 32.9 Å². The van der Waals surface area contributed by atoms with Crippen LogP contribution in [0.2, 0.25) is 0 Å². The average Bonchev–Trinajstić information content (AvgIpc) is 3.16. The molecule has 0 saturated carbocycles. The molecule has 0 unspecified atom stereocenters. The van der Waals surface area contributed by atoms with Gasteiger partial charge in [-0.1, -0.05) is 12.1 Å². The van der Waals surface area contributed by atoms with E-state index in [1.165, 1.54) is 6.92 Å². The zero-order valence-corrected chi connectivity index (χ0v) is 14.8. The van der Waals surface area contributed by atoms with Gasteiger partial charge in [0.1, 0.15) is 6.10 Å². The van der Waals surface area contributed by atoms with Gasteiger partial charge in [-0.3, -0.25) is 9.59 Å². The summed E-state index contributed by atoms with van der Waals surface area (Å²) in [5.74, 6) is 0.314. The maximum atomic E-state index is 12.1. The predicted molar refractivity (Wildman–Crippen MR) is 90.0 cm³/mol. The smallest absolute Gasteiger partial charge is 0.290 e. The van der Waals surface area contributed by atoms with Crippen LogP contribution in [0.4, 0.5) is 0 Å². The normalized spacial score (nSPS) is 17.2. The van der Waals surface area contributed by atoms with Crippen molar-refractivity contribution < 1.29 is 18.8 Å². The van der Waals surface area contributed by atoms with Crippen LogP contribution in [0.1, 0.15) is 47.7 Å². The Hall–Kier alpha value is -2.81. The monoisotopic (exact) mass is 359 g/mol. The highest BCUT2D eigenvalue weighted by Crippen LogP contribution is 2.19. The highest BCUT2D eigenvalue weighted by Gasteiger charge is 2.25. The van der Waals surface area contributed by atoms with Crippen LogP contribution in [-0.2, 0) is 22.5 Å². The van der Waals surface area contributed by atoms with Crippen molar-refractivity contribution >= 4 is 11.8 Å². The molecule has 0 aliphatic carbocycles. The largest absolute Gasteiger partial charge is 0.367 e.